The van der Waals surface area contributed by atoms with Gasteiger partial charge >= 0.3 is 5.97 Å². The van der Waals surface area contributed by atoms with E-state index in [-0.39, 0.29) is 11.5 Å². The van der Waals surface area contributed by atoms with Crippen LogP contribution in [0.25, 0.3) is 0 Å². The van der Waals surface area contributed by atoms with E-state index in [1.807, 2.05) is 0 Å². The Bertz CT molecular complexity index is 496. The second-order valence-corrected chi connectivity index (χ2v) is 4.93. The van der Waals surface area contributed by atoms with Gasteiger partial charge in [0.25, 0.3) is 0 Å². The molecule has 1 N–H and O–H groups in total. The van der Waals surface area contributed by atoms with Gasteiger partial charge in [0.15, 0.2) is 0 Å². The third-order valence-corrected chi connectivity index (χ3v) is 3.50. The average Bonchev–Trinajstić information content (AvgIpc) is 2.69. The summed E-state index contributed by atoms with van der Waals surface area (Å²) in [5, 5.41) is 8.95. The molecule has 0 aromatic heterocycles. The van der Waals surface area contributed by atoms with Crippen LogP contribution in [0.5, 0.6) is 0 Å². The van der Waals surface area contributed by atoms with Crippen LogP contribution < -0.4 is 4.90 Å². The van der Waals surface area contributed by atoms with Gasteiger partial charge in [0.05, 0.1) is 12.0 Å². The highest BCUT2D eigenvalue weighted by molar-refractivity contribution is 6.02. The summed E-state index contributed by atoms with van der Waals surface area (Å²) in [5.74, 6) is -0.870. The van der Waals surface area contributed by atoms with Gasteiger partial charge in [0, 0.05) is 12.2 Å². The third-order valence-electron chi connectivity index (χ3n) is 3.50. The highest BCUT2D eigenvalue weighted by atomic mass is 16.4. The fourth-order valence-electron chi connectivity index (χ4n) is 2.46. The minimum absolute atomic E-state index is 0.0778. The number of rotatable bonds is 6. The lowest BCUT2D eigenvalue weighted by molar-refractivity contribution is -0.117. The molecule has 1 heterocycles. The van der Waals surface area contributed by atoms with E-state index in [2.05, 4.69) is 6.92 Å². The van der Waals surface area contributed by atoms with E-state index in [9.17, 15) is 9.59 Å². The van der Waals surface area contributed by atoms with E-state index in [0.29, 0.717) is 6.42 Å². The zero-order chi connectivity index (χ0) is 13.8. The molecule has 4 heteroatoms. The Hall–Kier alpha value is -1.84. The van der Waals surface area contributed by atoms with Crippen molar-refractivity contribution in [3.05, 3.63) is 29.3 Å². The van der Waals surface area contributed by atoms with E-state index < -0.39 is 5.97 Å². The first-order valence-corrected chi connectivity index (χ1v) is 6.80. The molecule has 0 saturated carbocycles. The molecular formula is C15H19NO3. The molecule has 1 aliphatic heterocycles. The number of carbonyl (C=O) groups is 2. The van der Waals surface area contributed by atoms with E-state index in [4.69, 9.17) is 5.11 Å². The van der Waals surface area contributed by atoms with Crippen LogP contribution in [-0.4, -0.2) is 23.5 Å². The number of anilines is 1. The van der Waals surface area contributed by atoms with Gasteiger partial charge in [-0.25, -0.2) is 4.79 Å². The lowest BCUT2D eigenvalue weighted by atomic mass is 10.1. The monoisotopic (exact) mass is 261 g/mol. The quantitative estimate of drug-likeness (QED) is 0.801. The SMILES string of the molecule is CCCCCCN1C(=O)Cc2cc(C(=O)O)ccc21. The van der Waals surface area contributed by atoms with Crippen molar-refractivity contribution >= 4 is 17.6 Å². The van der Waals surface area contributed by atoms with Gasteiger partial charge in [-0.2, -0.15) is 0 Å². The molecule has 0 saturated heterocycles. The fourth-order valence-corrected chi connectivity index (χ4v) is 2.46. The summed E-state index contributed by atoms with van der Waals surface area (Å²) in [7, 11) is 0. The van der Waals surface area contributed by atoms with Crippen molar-refractivity contribution in [3.8, 4) is 0 Å². The van der Waals surface area contributed by atoms with Crippen molar-refractivity contribution in [2.75, 3.05) is 11.4 Å². The Labute approximate surface area is 113 Å². The van der Waals surface area contributed by atoms with Crippen molar-refractivity contribution in [2.24, 2.45) is 0 Å². The number of carboxylic acids is 1. The number of amides is 1. The van der Waals surface area contributed by atoms with Crippen molar-refractivity contribution in [3.63, 3.8) is 0 Å². The molecular weight excluding hydrogens is 242 g/mol. The number of aromatic carboxylic acids is 1. The molecule has 19 heavy (non-hydrogen) atoms. The molecule has 0 fully saturated rings. The van der Waals surface area contributed by atoms with Gasteiger partial charge in [-0.1, -0.05) is 26.2 Å². The lowest BCUT2D eigenvalue weighted by Crippen LogP contribution is -2.27. The molecule has 0 spiro atoms. The topological polar surface area (TPSA) is 57.6 Å². The zero-order valence-corrected chi connectivity index (χ0v) is 11.2. The van der Waals surface area contributed by atoms with Crippen molar-refractivity contribution in [2.45, 2.75) is 39.0 Å². The molecule has 1 aliphatic rings. The highest BCUT2D eigenvalue weighted by Crippen LogP contribution is 2.30. The van der Waals surface area contributed by atoms with E-state index >= 15 is 0 Å². The summed E-state index contributed by atoms with van der Waals surface area (Å²) >= 11 is 0. The average molecular weight is 261 g/mol. The highest BCUT2D eigenvalue weighted by Gasteiger charge is 2.27. The Morgan fingerprint density at radius 1 is 1.32 bits per heavy atom. The van der Waals surface area contributed by atoms with Crippen molar-refractivity contribution in [1.82, 2.24) is 0 Å². The molecule has 102 valence electrons. The van der Waals surface area contributed by atoms with Gasteiger partial charge in [-0.3, -0.25) is 4.79 Å². The predicted octanol–water partition coefficient (Wildman–Crippen LogP) is 2.85. The summed E-state index contributed by atoms with van der Waals surface area (Å²) in [4.78, 5) is 24.7. The summed E-state index contributed by atoms with van der Waals surface area (Å²) in [6.07, 6.45) is 4.81. The van der Waals surface area contributed by atoms with Crippen LogP contribution in [0.2, 0.25) is 0 Å². The van der Waals surface area contributed by atoms with Crippen LogP contribution >= 0.6 is 0 Å². The Morgan fingerprint density at radius 2 is 2.11 bits per heavy atom. The maximum atomic E-state index is 12.0. The lowest BCUT2D eigenvalue weighted by Gasteiger charge is -2.17. The maximum Gasteiger partial charge on any atom is 0.335 e. The number of hydrogen-bond donors (Lipinski definition) is 1. The minimum atomic E-state index is -0.948. The molecule has 0 atom stereocenters. The zero-order valence-electron chi connectivity index (χ0n) is 11.2. The number of fused-ring (bicyclic) bond motifs is 1. The first kappa shape index (κ1) is 13.6. The smallest absolute Gasteiger partial charge is 0.335 e. The van der Waals surface area contributed by atoms with E-state index in [1.165, 1.54) is 12.8 Å². The molecule has 1 aromatic carbocycles. The van der Waals surface area contributed by atoms with Crippen LogP contribution in [-0.2, 0) is 11.2 Å². The number of carboxylic acid groups (broad SMARTS) is 1. The van der Waals surface area contributed by atoms with Gasteiger partial charge in [0.1, 0.15) is 0 Å². The predicted molar refractivity (Wildman–Crippen MR) is 73.6 cm³/mol. The molecule has 1 aromatic rings. The summed E-state index contributed by atoms with van der Waals surface area (Å²) in [6.45, 7) is 2.89. The largest absolute Gasteiger partial charge is 0.478 e. The van der Waals surface area contributed by atoms with E-state index in [1.54, 1.807) is 23.1 Å². The van der Waals surface area contributed by atoms with Crippen LogP contribution in [0.3, 0.4) is 0 Å². The Kier molecular flexibility index (Phi) is 4.20. The fraction of sp³-hybridized carbons (Fsp3) is 0.467. The van der Waals surface area contributed by atoms with E-state index in [0.717, 1.165) is 30.6 Å². The van der Waals surface area contributed by atoms with Crippen LogP contribution in [0.4, 0.5) is 5.69 Å². The summed E-state index contributed by atoms with van der Waals surface area (Å²) in [6, 6.07) is 4.93. The molecule has 1 amide bonds. The standard InChI is InChI=1S/C15H19NO3/c1-2-3-4-5-8-16-13-7-6-11(15(18)19)9-12(13)10-14(16)17/h6-7,9H,2-5,8,10H2,1H3,(H,18,19). The van der Waals surface area contributed by atoms with Gasteiger partial charge in [0.2, 0.25) is 5.91 Å². The van der Waals surface area contributed by atoms with Crippen molar-refractivity contribution in [1.29, 1.82) is 0 Å². The first-order chi connectivity index (χ1) is 9.13. The van der Waals surface area contributed by atoms with Crippen LogP contribution in [0.1, 0.15) is 48.5 Å². The summed E-state index contributed by atoms with van der Waals surface area (Å²) < 4.78 is 0. The number of hydrogen-bond acceptors (Lipinski definition) is 2. The maximum absolute atomic E-state index is 12.0. The molecule has 0 unspecified atom stereocenters. The second kappa shape index (κ2) is 5.87. The van der Waals surface area contributed by atoms with Gasteiger partial charge < -0.3 is 10.0 Å². The first-order valence-electron chi connectivity index (χ1n) is 6.80. The van der Waals surface area contributed by atoms with Crippen molar-refractivity contribution < 1.29 is 14.7 Å². The Balaban J connectivity index is 2.09. The molecule has 2 rings (SSSR count). The molecule has 0 bridgehead atoms. The van der Waals surface area contributed by atoms with Crippen LogP contribution in [0, 0.1) is 0 Å². The number of benzene rings is 1. The molecule has 0 radical (unpaired) electrons. The third kappa shape index (κ3) is 2.95. The molecule has 4 nitrogen and oxygen atoms in total. The minimum Gasteiger partial charge on any atom is -0.478 e. The van der Waals surface area contributed by atoms with Crippen LogP contribution in [0.15, 0.2) is 18.2 Å². The number of carbonyl (C=O) groups excluding carboxylic acids is 1. The normalized spacial score (nSPS) is 13.7. The van der Waals surface area contributed by atoms with Gasteiger partial charge in [-0.05, 0) is 30.2 Å². The second-order valence-electron chi connectivity index (χ2n) is 4.93. The molecule has 0 aliphatic carbocycles. The summed E-state index contributed by atoms with van der Waals surface area (Å²) in [5.41, 5.74) is 1.96. The Morgan fingerprint density at radius 3 is 2.79 bits per heavy atom. The van der Waals surface area contributed by atoms with Gasteiger partial charge in [-0.15, -0.1) is 0 Å². The number of unbranched alkanes of at least 4 members (excludes halogenated alkanes) is 3. The number of nitrogens with zero attached hydrogens (tertiary/aromatic N) is 1.